The number of aliphatic hydroxyl groups is 1. The van der Waals surface area contributed by atoms with Crippen molar-refractivity contribution < 1.29 is 14.6 Å². The molecule has 0 spiro atoms. The lowest BCUT2D eigenvalue weighted by molar-refractivity contribution is 0.105. The molecule has 25 heavy (non-hydrogen) atoms. The molecular weight excluding hydrogens is 318 g/mol. The second-order valence-electron chi connectivity index (χ2n) is 5.29. The molecule has 0 amide bonds. The van der Waals surface area contributed by atoms with E-state index in [1.165, 1.54) is 0 Å². The van der Waals surface area contributed by atoms with Gasteiger partial charge in [-0.1, -0.05) is 6.07 Å². The molecule has 0 aliphatic carbocycles. The van der Waals surface area contributed by atoms with Gasteiger partial charge in [0.15, 0.2) is 0 Å². The van der Waals surface area contributed by atoms with Gasteiger partial charge in [0.2, 0.25) is 0 Å². The minimum Gasteiger partial charge on any atom is -0.492 e. The SMILES string of the molecule is N#Cc1ccc(OCCNCC(O)COc2cccc(C#N)c2)cc1. The van der Waals surface area contributed by atoms with Crippen LogP contribution in [0.4, 0.5) is 0 Å². The van der Waals surface area contributed by atoms with E-state index in [9.17, 15) is 5.11 Å². The normalized spacial score (nSPS) is 11.2. The zero-order valence-electron chi connectivity index (χ0n) is 13.7. The Hall–Kier alpha value is -3.06. The van der Waals surface area contributed by atoms with Gasteiger partial charge >= 0.3 is 0 Å². The monoisotopic (exact) mass is 337 g/mol. The summed E-state index contributed by atoms with van der Waals surface area (Å²) in [5, 5.41) is 30.5. The first-order valence-corrected chi connectivity index (χ1v) is 7.86. The summed E-state index contributed by atoms with van der Waals surface area (Å²) in [7, 11) is 0. The Balaban J connectivity index is 1.59. The maximum absolute atomic E-state index is 9.89. The van der Waals surface area contributed by atoms with Gasteiger partial charge in [-0.05, 0) is 42.5 Å². The highest BCUT2D eigenvalue weighted by Gasteiger charge is 2.05. The summed E-state index contributed by atoms with van der Waals surface area (Å²) in [4.78, 5) is 0. The van der Waals surface area contributed by atoms with E-state index < -0.39 is 6.10 Å². The highest BCUT2D eigenvalue weighted by Crippen LogP contribution is 2.13. The van der Waals surface area contributed by atoms with Crippen molar-refractivity contribution in [2.75, 3.05) is 26.3 Å². The van der Waals surface area contributed by atoms with Crippen molar-refractivity contribution in [1.29, 1.82) is 10.5 Å². The Morgan fingerprint density at radius 3 is 2.44 bits per heavy atom. The highest BCUT2D eigenvalue weighted by molar-refractivity contribution is 5.36. The molecule has 6 heteroatoms. The molecule has 2 aromatic rings. The van der Waals surface area contributed by atoms with Crippen molar-refractivity contribution in [1.82, 2.24) is 5.32 Å². The quantitative estimate of drug-likeness (QED) is 0.678. The summed E-state index contributed by atoms with van der Waals surface area (Å²) in [6, 6.07) is 17.8. The first-order chi connectivity index (χ1) is 12.2. The molecule has 0 fully saturated rings. The van der Waals surface area contributed by atoms with Crippen LogP contribution in [-0.2, 0) is 0 Å². The molecule has 2 rings (SSSR count). The molecule has 1 unspecified atom stereocenters. The first kappa shape index (κ1) is 18.3. The molecule has 128 valence electrons. The van der Waals surface area contributed by atoms with Gasteiger partial charge < -0.3 is 19.9 Å². The maximum Gasteiger partial charge on any atom is 0.120 e. The van der Waals surface area contributed by atoms with Crippen LogP contribution in [0.2, 0.25) is 0 Å². The fraction of sp³-hybridized carbons (Fsp3) is 0.263. The zero-order valence-corrected chi connectivity index (χ0v) is 13.7. The lowest BCUT2D eigenvalue weighted by Crippen LogP contribution is -2.33. The van der Waals surface area contributed by atoms with Gasteiger partial charge in [-0.3, -0.25) is 0 Å². The summed E-state index contributed by atoms with van der Waals surface area (Å²) in [5.41, 5.74) is 1.11. The number of hydrogen-bond acceptors (Lipinski definition) is 6. The van der Waals surface area contributed by atoms with E-state index in [1.807, 2.05) is 12.1 Å². The summed E-state index contributed by atoms with van der Waals surface area (Å²) < 4.78 is 11.0. The topological polar surface area (TPSA) is 98.3 Å². The molecule has 1 atom stereocenters. The molecule has 0 aliphatic heterocycles. The molecule has 2 N–H and O–H groups in total. The Morgan fingerprint density at radius 1 is 0.960 bits per heavy atom. The van der Waals surface area contributed by atoms with E-state index in [2.05, 4.69) is 5.32 Å². The Labute approximate surface area is 146 Å². The second-order valence-corrected chi connectivity index (χ2v) is 5.29. The third-order valence-electron chi connectivity index (χ3n) is 3.32. The van der Waals surface area contributed by atoms with Crippen LogP contribution in [0.15, 0.2) is 48.5 Å². The molecule has 0 saturated heterocycles. The first-order valence-electron chi connectivity index (χ1n) is 7.86. The van der Waals surface area contributed by atoms with Gasteiger partial charge in [0.05, 0.1) is 23.3 Å². The van der Waals surface area contributed by atoms with Crippen molar-refractivity contribution in [3.05, 3.63) is 59.7 Å². The fourth-order valence-electron chi connectivity index (χ4n) is 2.04. The van der Waals surface area contributed by atoms with Crippen LogP contribution in [0, 0.1) is 22.7 Å². The molecule has 0 bridgehead atoms. The lowest BCUT2D eigenvalue weighted by Gasteiger charge is -2.13. The molecule has 0 radical (unpaired) electrons. The summed E-state index contributed by atoms with van der Waals surface area (Å²) in [6.07, 6.45) is -0.666. The third kappa shape index (κ3) is 6.52. The number of rotatable bonds is 9. The van der Waals surface area contributed by atoms with Crippen LogP contribution >= 0.6 is 0 Å². The number of nitriles is 2. The van der Waals surface area contributed by atoms with Crippen LogP contribution in [0.3, 0.4) is 0 Å². The highest BCUT2D eigenvalue weighted by atomic mass is 16.5. The zero-order chi connectivity index (χ0) is 17.9. The van der Waals surface area contributed by atoms with Crippen molar-refractivity contribution in [2.24, 2.45) is 0 Å². The third-order valence-corrected chi connectivity index (χ3v) is 3.32. The number of nitrogens with zero attached hydrogens (tertiary/aromatic N) is 2. The minimum absolute atomic E-state index is 0.137. The van der Waals surface area contributed by atoms with Crippen molar-refractivity contribution in [2.45, 2.75) is 6.10 Å². The number of hydrogen-bond donors (Lipinski definition) is 2. The van der Waals surface area contributed by atoms with E-state index in [0.717, 1.165) is 0 Å². The van der Waals surface area contributed by atoms with Gasteiger partial charge in [-0.2, -0.15) is 10.5 Å². The van der Waals surface area contributed by atoms with Gasteiger partial charge in [0.1, 0.15) is 30.8 Å². The summed E-state index contributed by atoms with van der Waals surface area (Å²) in [5.74, 6) is 1.25. The van der Waals surface area contributed by atoms with Crippen LogP contribution in [0.25, 0.3) is 0 Å². The standard InChI is InChI=1S/C19H19N3O3/c20-11-15-4-6-18(7-5-15)24-9-8-22-13-17(23)14-25-19-3-1-2-16(10-19)12-21/h1-7,10,17,22-23H,8-9,13-14H2. The van der Waals surface area contributed by atoms with E-state index >= 15 is 0 Å². The molecule has 6 nitrogen and oxygen atoms in total. The predicted octanol–water partition coefficient (Wildman–Crippen LogP) is 1.84. The molecule has 0 saturated carbocycles. The van der Waals surface area contributed by atoms with Crippen LogP contribution in [-0.4, -0.2) is 37.5 Å². The van der Waals surface area contributed by atoms with E-state index in [1.54, 1.807) is 48.5 Å². The number of nitrogens with one attached hydrogen (secondary N) is 1. The molecule has 0 aliphatic rings. The Kier molecular flexibility index (Phi) is 7.27. The van der Waals surface area contributed by atoms with Gasteiger partial charge in [0.25, 0.3) is 0 Å². The maximum atomic E-state index is 9.89. The van der Waals surface area contributed by atoms with Crippen LogP contribution in [0.5, 0.6) is 11.5 Å². The Morgan fingerprint density at radius 2 is 1.72 bits per heavy atom. The van der Waals surface area contributed by atoms with Crippen molar-refractivity contribution in [3.63, 3.8) is 0 Å². The summed E-state index contributed by atoms with van der Waals surface area (Å²) in [6.45, 7) is 1.53. The van der Waals surface area contributed by atoms with Crippen LogP contribution < -0.4 is 14.8 Å². The molecule has 2 aromatic carbocycles. The lowest BCUT2D eigenvalue weighted by atomic mass is 10.2. The van der Waals surface area contributed by atoms with Gasteiger partial charge in [0, 0.05) is 13.1 Å². The Bertz CT molecular complexity index is 748. The van der Waals surface area contributed by atoms with Crippen molar-refractivity contribution >= 4 is 0 Å². The van der Waals surface area contributed by atoms with Crippen LogP contribution in [0.1, 0.15) is 11.1 Å². The number of aliphatic hydroxyl groups excluding tert-OH is 1. The molecular formula is C19H19N3O3. The molecule has 0 heterocycles. The number of ether oxygens (including phenoxy) is 2. The van der Waals surface area contributed by atoms with Gasteiger partial charge in [-0.15, -0.1) is 0 Å². The van der Waals surface area contributed by atoms with Crippen molar-refractivity contribution in [3.8, 4) is 23.6 Å². The van der Waals surface area contributed by atoms with E-state index in [0.29, 0.717) is 42.3 Å². The summed E-state index contributed by atoms with van der Waals surface area (Å²) >= 11 is 0. The van der Waals surface area contributed by atoms with Gasteiger partial charge in [-0.25, -0.2) is 0 Å². The van der Waals surface area contributed by atoms with E-state index in [4.69, 9.17) is 20.0 Å². The van der Waals surface area contributed by atoms with E-state index in [-0.39, 0.29) is 6.61 Å². The number of benzene rings is 2. The predicted molar refractivity (Wildman–Crippen MR) is 92.2 cm³/mol. The average molecular weight is 337 g/mol. The minimum atomic E-state index is -0.666. The fourth-order valence-corrected chi connectivity index (χ4v) is 2.04. The average Bonchev–Trinajstić information content (AvgIpc) is 2.66. The smallest absolute Gasteiger partial charge is 0.120 e. The second kappa shape index (κ2) is 9.94. The molecule has 0 aromatic heterocycles. The largest absolute Gasteiger partial charge is 0.492 e.